The molecule has 3 rings (SSSR count). The molecule has 2 heterocycles. The van der Waals surface area contributed by atoms with Crippen molar-refractivity contribution in [1.82, 2.24) is 9.38 Å². The fourth-order valence-electron chi connectivity index (χ4n) is 2.24. The number of aromatic nitrogens is 2. The van der Waals surface area contributed by atoms with Gasteiger partial charge < -0.3 is 0 Å². The third kappa shape index (κ3) is 2.20. The lowest BCUT2D eigenvalue weighted by atomic mass is 10.1. The van der Waals surface area contributed by atoms with Gasteiger partial charge in [0.2, 0.25) is 0 Å². The molecule has 4 heteroatoms. The van der Waals surface area contributed by atoms with E-state index in [4.69, 9.17) is 0 Å². The summed E-state index contributed by atoms with van der Waals surface area (Å²) in [5.74, 6) is 0.778. The van der Waals surface area contributed by atoms with Crippen molar-refractivity contribution < 1.29 is 0 Å². The minimum atomic E-state index is 0.778. The van der Waals surface area contributed by atoms with Crippen molar-refractivity contribution in [3.8, 4) is 0 Å². The summed E-state index contributed by atoms with van der Waals surface area (Å²) in [6.45, 7) is 6.06. The molecule has 100 valence electrons. The fourth-order valence-corrected chi connectivity index (χ4v) is 2.24. The number of aryl methyl sites for hydroxylation is 3. The normalized spacial score (nSPS) is 11.6. The lowest BCUT2D eigenvalue weighted by molar-refractivity contribution is 1.09. The number of hydrogen-bond donors (Lipinski definition) is 0. The van der Waals surface area contributed by atoms with Gasteiger partial charge >= 0.3 is 0 Å². The van der Waals surface area contributed by atoms with Gasteiger partial charge in [-0.25, -0.2) is 4.98 Å². The SMILES string of the molecule is Cc1ccc(N=Nc2c(C)nc3ccccn23)c(C)c1. The van der Waals surface area contributed by atoms with Crippen molar-refractivity contribution in [3.63, 3.8) is 0 Å². The topological polar surface area (TPSA) is 42.0 Å². The van der Waals surface area contributed by atoms with Gasteiger partial charge in [-0.15, -0.1) is 10.2 Å². The van der Waals surface area contributed by atoms with E-state index in [1.54, 1.807) is 0 Å². The molecule has 2 aromatic heterocycles. The van der Waals surface area contributed by atoms with Gasteiger partial charge in [0.1, 0.15) is 5.65 Å². The second-order valence-corrected chi connectivity index (χ2v) is 4.94. The highest BCUT2D eigenvalue weighted by Gasteiger charge is 2.07. The molecule has 0 saturated heterocycles. The van der Waals surface area contributed by atoms with Crippen molar-refractivity contribution in [2.45, 2.75) is 20.8 Å². The Morgan fingerprint density at radius 1 is 1.00 bits per heavy atom. The van der Waals surface area contributed by atoms with Gasteiger partial charge in [-0.3, -0.25) is 4.40 Å². The van der Waals surface area contributed by atoms with E-state index >= 15 is 0 Å². The molecule has 0 fully saturated rings. The molecule has 1 aromatic carbocycles. The van der Waals surface area contributed by atoms with Crippen LogP contribution in [0.25, 0.3) is 5.65 Å². The third-order valence-corrected chi connectivity index (χ3v) is 3.28. The monoisotopic (exact) mass is 264 g/mol. The molecule has 0 spiro atoms. The van der Waals surface area contributed by atoms with Gasteiger partial charge in [-0.1, -0.05) is 23.8 Å². The number of imidazole rings is 1. The maximum atomic E-state index is 4.47. The van der Waals surface area contributed by atoms with Crippen LogP contribution in [-0.4, -0.2) is 9.38 Å². The van der Waals surface area contributed by atoms with E-state index < -0.39 is 0 Å². The lowest BCUT2D eigenvalue weighted by Crippen LogP contribution is -1.81. The molecule has 0 saturated carbocycles. The molecule has 0 aliphatic carbocycles. The van der Waals surface area contributed by atoms with Crippen LogP contribution in [0.2, 0.25) is 0 Å². The highest BCUT2D eigenvalue weighted by molar-refractivity contribution is 5.52. The van der Waals surface area contributed by atoms with Gasteiger partial charge in [0.05, 0.1) is 11.4 Å². The minimum Gasteiger partial charge on any atom is -0.283 e. The molecule has 0 aliphatic rings. The molecule has 0 bridgehead atoms. The summed E-state index contributed by atoms with van der Waals surface area (Å²) in [5, 5.41) is 8.74. The summed E-state index contributed by atoms with van der Waals surface area (Å²) in [7, 11) is 0. The third-order valence-electron chi connectivity index (χ3n) is 3.28. The van der Waals surface area contributed by atoms with Crippen LogP contribution in [0.5, 0.6) is 0 Å². The van der Waals surface area contributed by atoms with Gasteiger partial charge in [-0.2, -0.15) is 0 Å². The maximum absolute atomic E-state index is 4.47. The van der Waals surface area contributed by atoms with Crippen molar-refractivity contribution >= 4 is 17.2 Å². The molecule has 0 amide bonds. The largest absolute Gasteiger partial charge is 0.283 e. The Labute approximate surface area is 117 Å². The zero-order chi connectivity index (χ0) is 14.1. The van der Waals surface area contributed by atoms with Crippen LogP contribution >= 0.6 is 0 Å². The van der Waals surface area contributed by atoms with Crippen LogP contribution < -0.4 is 0 Å². The minimum absolute atomic E-state index is 0.778. The van der Waals surface area contributed by atoms with Gasteiger partial charge in [0, 0.05) is 6.20 Å². The molecule has 0 aliphatic heterocycles. The smallest absolute Gasteiger partial charge is 0.182 e. The van der Waals surface area contributed by atoms with E-state index in [9.17, 15) is 0 Å². The average molecular weight is 264 g/mol. The first-order valence-electron chi connectivity index (χ1n) is 6.58. The number of rotatable bonds is 2. The maximum Gasteiger partial charge on any atom is 0.182 e. The van der Waals surface area contributed by atoms with Crippen molar-refractivity contribution in [2.75, 3.05) is 0 Å². The van der Waals surface area contributed by atoms with Crippen LogP contribution in [-0.2, 0) is 0 Å². The quantitative estimate of drug-likeness (QED) is 0.620. The summed E-state index contributed by atoms with van der Waals surface area (Å²) in [6, 6.07) is 12.0. The number of azo groups is 1. The van der Waals surface area contributed by atoms with Crippen LogP contribution in [0, 0.1) is 20.8 Å². The van der Waals surface area contributed by atoms with Crippen LogP contribution in [0.15, 0.2) is 52.8 Å². The highest BCUT2D eigenvalue weighted by atomic mass is 15.2. The Morgan fingerprint density at radius 2 is 1.85 bits per heavy atom. The summed E-state index contributed by atoms with van der Waals surface area (Å²) in [4.78, 5) is 4.47. The molecule has 0 radical (unpaired) electrons. The fraction of sp³-hybridized carbons (Fsp3) is 0.188. The number of fused-ring (bicyclic) bond motifs is 1. The Bertz CT molecular complexity index is 799. The summed E-state index contributed by atoms with van der Waals surface area (Å²) in [6.07, 6.45) is 1.95. The van der Waals surface area contributed by atoms with Crippen molar-refractivity contribution in [1.29, 1.82) is 0 Å². The van der Waals surface area contributed by atoms with Gasteiger partial charge in [-0.05, 0) is 44.5 Å². The van der Waals surface area contributed by atoms with Crippen molar-refractivity contribution in [3.05, 3.63) is 59.4 Å². The van der Waals surface area contributed by atoms with E-state index in [0.717, 1.165) is 28.4 Å². The first kappa shape index (κ1) is 12.5. The van der Waals surface area contributed by atoms with Crippen LogP contribution in [0.3, 0.4) is 0 Å². The Morgan fingerprint density at radius 3 is 2.65 bits per heavy atom. The zero-order valence-corrected chi connectivity index (χ0v) is 11.8. The standard InChI is InChI=1S/C16H16N4/c1-11-7-8-14(12(2)10-11)18-19-16-13(3)17-15-6-4-5-9-20(15)16/h4-10H,1-3H3. The molecular weight excluding hydrogens is 248 g/mol. The van der Waals surface area contributed by atoms with E-state index in [1.807, 2.05) is 54.8 Å². The first-order valence-corrected chi connectivity index (χ1v) is 6.58. The van der Waals surface area contributed by atoms with Gasteiger partial charge in [0.15, 0.2) is 5.82 Å². The second-order valence-electron chi connectivity index (χ2n) is 4.94. The number of nitrogens with zero attached hydrogens (tertiary/aromatic N) is 4. The number of pyridine rings is 1. The van der Waals surface area contributed by atoms with E-state index in [1.165, 1.54) is 5.56 Å². The summed E-state index contributed by atoms with van der Waals surface area (Å²) >= 11 is 0. The first-order chi connectivity index (χ1) is 9.65. The lowest BCUT2D eigenvalue weighted by Gasteiger charge is -2.00. The molecule has 0 N–H and O–H groups in total. The molecule has 20 heavy (non-hydrogen) atoms. The van der Waals surface area contributed by atoms with E-state index in [-0.39, 0.29) is 0 Å². The Kier molecular flexibility index (Phi) is 3.06. The molecular formula is C16H16N4. The number of hydrogen-bond acceptors (Lipinski definition) is 3. The van der Waals surface area contributed by atoms with Crippen LogP contribution in [0.4, 0.5) is 11.5 Å². The van der Waals surface area contributed by atoms with Crippen molar-refractivity contribution in [2.24, 2.45) is 10.2 Å². The average Bonchev–Trinajstić information content (AvgIpc) is 2.74. The number of benzene rings is 1. The predicted octanol–water partition coefficient (Wildman–Crippen LogP) is 4.67. The van der Waals surface area contributed by atoms with Crippen LogP contribution in [0.1, 0.15) is 16.8 Å². The molecule has 4 nitrogen and oxygen atoms in total. The molecule has 0 atom stereocenters. The summed E-state index contributed by atoms with van der Waals surface area (Å²) < 4.78 is 1.95. The summed E-state index contributed by atoms with van der Waals surface area (Å²) in [5.41, 5.74) is 5.01. The highest BCUT2D eigenvalue weighted by Crippen LogP contribution is 2.25. The molecule has 3 aromatic rings. The Hall–Kier alpha value is -2.49. The molecule has 0 unspecified atom stereocenters. The zero-order valence-electron chi connectivity index (χ0n) is 11.8. The Balaban J connectivity index is 2.04. The second kappa shape index (κ2) is 4.89. The van der Waals surface area contributed by atoms with E-state index in [0.29, 0.717) is 0 Å². The van der Waals surface area contributed by atoms with E-state index in [2.05, 4.69) is 28.2 Å². The predicted molar refractivity (Wildman–Crippen MR) is 80.0 cm³/mol. The van der Waals surface area contributed by atoms with Gasteiger partial charge in [0.25, 0.3) is 0 Å².